The average Bonchev–Trinajstić information content (AvgIpc) is 2.70. The van der Waals surface area contributed by atoms with Crippen LogP contribution in [0.4, 0.5) is 0 Å². The lowest BCUT2D eigenvalue weighted by Gasteiger charge is -2.02. The summed E-state index contributed by atoms with van der Waals surface area (Å²) < 4.78 is 0. The first kappa shape index (κ1) is 12.9. The lowest BCUT2D eigenvalue weighted by atomic mass is 10.1. The van der Waals surface area contributed by atoms with Crippen molar-refractivity contribution in [3.8, 4) is 0 Å². The first-order chi connectivity index (χ1) is 8.97. The number of benzene rings is 1. The minimum absolute atomic E-state index is 0.144. The van der Waals surface area contributed by atoms with Crippen LogP contribution in [0.5, 0.6) is 0 Å². The van der Waals surface area contributed by atoms with E-state index >= 15 is 0 Å². The van der Waals surface area contributed by atoms with Gasteiger partial charge in [0.05, 0.1) is 0 Å². The molecule has 5 heteroatoms. The topological polar surface area (TPSA) is 82.2 Å². The molecule has 1 heterocycles. The smallest absolute Gasteiger partial charge is 0.352 e. The Balaban J connectivity index is 2.48. The number of aromatic nitrogens is 1. The molecule has 98 valence electrons. The number of aromatic amines is 1. The van der Waals surface area contributed by atoms with Crippen LogP contribution in [0.2, 0.25) is 0 Å². The van der Waals surface area contributed by atoms with Gasteiger partial charge in [-0.05, 0) is 24.6 Å². The lowest BCUT2D eigenvalue weighted by molar-refractivity contribution is -0.134. The van der Waals surface area contributed by atoms with Crippen molar-refractivity contribution in [3.63, 3.8) is 0 Å². The molecule has 2 aromatic rings. The molecule has 2 rings (SSSR count). The van der Waals surface area contributed by atoms with Crippen molar-refractivity contribution in [2.45, 2.75) is 13.8 Å². The third kappa shape index (κ3) is 2.82. The Labute approximate surface area is 109 Å². The molecule has 0 saturated carbocycles. The summed E-state index contributed by atoms with van der Waals surface area (Å²) in [5.74, 6) is -1.58. The highest BCUT2D eigenvalue weighted by Crippen LogP contribution is 2.21. The van der Waals surface area contributed by atoms with E-state index in [1.807, 2.05) is 25.1 Å². The SMILES string of the molecule is CC(=O)N/C(=C\c1c[nH]c2cc(C)ccc12)C(=O)O. The zero-order valence-electron chi connectivity index (χ0n) is 10.7. The lowest BCUT2D eigenvalue weighted by Crippen LogP contribution is -2.24. The van der Waals surface area contributed by atoms with Gasteiger partial charge in [-0.1, -0.05) is 12.1 Å². The van der Waals surface area contributed by atoms with Crippen LogP contribution in [0.1, 0.15) is 18.1 Å². The second-order valence-electron chi connectivity index (χ2n) is 4.34. The van der Waals surface area contributed by atoms with E-state index in [1.165, 1.54) is 13.0 Å². The molecule has 3 N–H and O–H groups in total. The number of amides is 1. The molecule has 0 aliphatic rings. The molecule has 5 nitrogen and oxygen atoms in total. The summed E-state index contributed by atoms with van der Waals surface area (Å²) in [6.07, 6.45) is 3.16. The Morgan fingerprint density at radius 3 is 2.74 bits per heavy atom. The predicted octanol–water partition coefficient (Wildman–Crippen LogP) is 2.04. The maximum absolute atomic E-state index is 11.1. The van der Waals surface area contributed by atoms with Gasteiger partial charge in [-0.2, -0.15) is 0 Å². The van der Waals surface area contributed by atoms with Gasteiger partial charge in [-0.25, -0.2) is 4.79 Å². The van der Waals surface area contributed by atoms with Crippen LogP contribution in [0, 0.1) is 6.92 Å². The van der Waals surface area contributed by atoms with Crippen molar-refractivity contribution in [2.75, 3.05) is 0 Å². The Bertz CT molecular complexity index is 683. The zero-order chi connectivity index (χ0) is 14.0. The number of carboxylic acids is 1. The molecule has 1 aromatic heterocycles. The number of carbonyl (C=O) groups is 2. The monoisotopic (exact) mass is 258 g/mol. The molecule has 0 atom stereocenters. The first-order valence-corrected chi connectivity index (χ1v) is 5.77. The molecule has 19 heavy (non-hydrogen) atoms. The van der Waals surface area contributed by atoms with Gasteiger partial charge in [-0.3, -0.25) is 4.79 Å². The van der Waals surface area contributed by atoms with Gasteiger partial charge >= 0.3 is 5.97 Å². The Morgan fingerprint density at radius 2 is 2.11 bits per heavy atom. The highest BCUT2D eigenvalue weighted by Gasteiger charge is 2.10. The fraction of sp³-hybridized carbons (Fsp3) is 0.143. The van der Waals surface area contributed by atoms with E-state index in [1.54, 1.807) is 6.20 Å². The molecule has 0 unspecified atom stereocenters. The maximum Gasteiger partial charge on any atom is 0.352 e. The van der Waals surface area contributed by atoms with Gasteiger partial charge in [-0.15, -0.1) is 0 Å². The van der Waals surface area contributed by atoms with Crippen LogP contribution >= 0.6 is 0 Å². The van der Waals surface area contributed by atoms with Crippen molar-refractivity contribution >= 4 is 28.9 Å². The average molecular weight is 258 g/mol. The van der Waals surface area contributed by atoms with Gasteiger partial charge in [0.25, 0.3) is 0 Å². The number of rotatable bonds is 3. The molecule has 1 aromatic carbocycles. The van der Waals surface area contributed by atoms with Gasteiger partial charge < -0.3 is 15.4 Å². The fourth-order valence-electron chi connectivity index (χ4n) is 1.88. The first-order valence-electron chi connectivity index (χ1n) is 5.77. The van der Waals surface area contributed by atoms with E-state index in [4.69, 9.17) is 5.11 Å². The van der Waals surface area contributed by atoms with Crippen LogP contribution < -0.4 is 5.32 Å². The van der Waals surface area contributed by atoms with Crippen LogP contribution in [0.15, 0.2) is 30.1 Å². The molecule has 0 bridgehead atoms. The van der Waals surface area contributed by atoms with Gasteiger partial charge in [0, 0.05) is 29.6 Å². The Morgan fingerprint density at radius 1 is 1.37 bits per heavy atom. The fourth-order valence-corrected chi connectivity index (χ4v) is 1.88. The zero-order valence-corrected chi connectivity index (χ0v) is 10.7. The standard InChI is InChI=1S/C14H14N2O3/c1-8-3-4-11-10(7-15-12(11)5-8)6-13(14(18)19)16-9(2)17/h3-7,15H,1-2H3,(H,16,17)(H,18,19)/b13-6-. The van der Waals surface area contributed by atoms with E-state index in [0.29, 0.717) is 0 Å². The summed E-state index contributed by atoms with van der Waals surface area (Å²) in [5, 5.41) is 12.3. The van der Waals surface area contributed by atoms with E-state index < -0.39 is 11.9 Å². The summed E-state index contributed by atoms with van der Waals surface area (Å²) >= 11 is 0. The quantitative estimate of drug-likeness (QED) is 0.737. The van der Waals surface area contributed by atoms with Crippen molar-refractivity contribution in [1.82, 2.24) is 10.3 Å². The predicted molar refractivity (Wildman–Crippen MR) is 72.5 cm³/mol. The normalized spacial score (nSPS) is 11.6. The highest BCUT2D eigenvalue weighted by atomic mass is 16.4. The van der Waals surface area contributed by atoms with E-state index in [2.05, 4.69) is 10.3 Å². The number of aryl methyl sites for hydroxylation is 1. The molecular formula is C14H14N2O3. The molecule has 0 aliphatic carbocycles. The molecule has 0 fully saturated rings. The molecule has 0 radical (unpaired) electrons. The number of H-pyrrole nitrogens is 1. The van der Waals surface area contributed by atoms with Crippen molar-refractivity contribution < 1.29 is 14.7 Å². The number of fused-ring (bicyclic) bond motifs is 1. The van der Waals surface area contributed by atoms with E-state index in [9.17, 15) is 9.59 Å². The number of hydrogen-bond donors (Lipinski definition) is 3. The summed E-state index contributed by atoms with van der Waals surface area (Å²) in [4.78, 5) is 25.1. The second-order valence-corrected chi connectivity index (χ2v) is 4.34. The number of nitrogens with one attached hydrogen (secondary N) is 2. The van der Waals surface area contributed by atoms with Crippen LogP contribution in [-0.4, -0.2) is 22.0 Å². The molecule has 0 saturated heterocycles. The maximum atomic E-state index is 11.1. The second kappa shape index (κ2) is 4.97. The highest BCUT2D eigenvalue weighted by molar-refractivity contribution is 5.99. The summed E-state index contributed by atoms with van der Waals surface area (Å²) in [5.41, 5.74) is 2.62. The van der Waals surface area contributed by atoms with E-state index in [0.717, 1.165) is 22.0 Å². The molecule has 0 spiro atoms. The summed E-state index contributed by atoms with van der Waals surface area (Å²) in [7, 11) is 0. The van der Waals surface area contributed by atoms with Crippen LogP contribution in [0.25, 0.3) is 17.0 Å². The number of hydrogen-bond acceptors (Lipinski definition) is 2. The molecule has 0 aliphatic heterocycles. The third-order valence-corrected chi connectivity index (χ3v) is 2.71. The minimum Gasteiger partial charge on any atom is -0.477 e. The number of aliphatic carboxylic acids is 1. The minimum atomic E-state index is -1.17. The van der Waals surface area contributed by atoms with E-state index in [-0.39, 0.29) is 5.70 Å². The Kier molecular flexibility index (Phi) is 3.37. The largest absolute Gasteiger partial charge is 0.477 e. The summed E-state index contributed by atoms with van der Waals surface area (Å²) in [6.45, 7) is 3.26. The third-order valence-electron chi connectivity index (χ3n) is 2.71. The van der Waals surface area contributed by atoms with Crippen LogP contribution in [-0.2, 0) is 9.59 Å². The summed E-state index contributed by atoms with van der Waals surface area (Å²) in [6, 6.07) is 5.85. The van der Waals surface area contributed by atoms with Crippen molar-refractivity contribution in [1.29, 1.82) is 0 Å². The number of carbonyl (C=O) groups excluding carboxylic acids is 1. The number of carboxylic acid groups (broad SMARTS) is 1. The van der Waals surface area contributed by atoms with Crippen molar-refractivity contribution in [3.05, 3.63) is 41.2 Å². The molecule has 1 amide bonds. The Hall–Kier alpha value is -2.56. The molecular weight excluding hydrogens is 244 g/mol. The van der Waals surface area contributed by atoms with Gasteiger partial charge in [0.15, 0.2) is 0 Å². The van der Waals surface area contributed by atoms with Crippen LogP contribution in [0.3, 0.4) is 0 Å². The van der Waals surface area contributed by atoms with Crippen molar-refractivity contribution in [2.24, 2.45) is 0 Å². The van der Waals surface area contributed by atoms with Gasteiger partial charge in [0.2, 0.25) is 5.91 Å². The van der Waals surface area contributed by atoms with Gasteiger partial charge in [0.1, 0.15) is 5.70 Å².